The Morgan fingerprint density at radius 3 is 2.65 bits per heavy atom. The summed E-state index contributed by atoms with van der Waals surface area (Å²) >= 11 is 0. The summed E-state index contributed by atoms with van der Waals surface area (Å²) in [6.45, 7) is 6.82. The van der Waals surface area contributed by atoms with Gasteiger partial charge in [-0.3, -0.25) is 4.79 Å². The largest absolute Gasteiger partial charge is 0.494 e. The zero-order valence-electron chi connectivity index (χ0n) is 10.7. The summed E-state index contributed by atoms with van der Waals surface area (Å²) in [5.41, 5.74) is 1.93. The molecule has 0 heterocycles. The van der Waals surface area contributed by atoms with Crippen molar-refractivity contribution in [1.82, 2.24) is 0 Å². The van der Waals surface area contributed by atoms with Crippen molar-refractivity contribution in [3.8, 4) is 5.75 Å². The Kier molecular flexibility index (Phi) is 5.01. The molecule has 1 aromatic rings. The zero-order valence-corrected chi connectivity index (χ0v) is 10.7. The normalized spacial score (nSPS) is 12.2. The Bertz CT molecular complexity index is 385. The fourth-order valence-corrected chi connectivity index (χ4v) is 1.77. The third-order valence-corrected chi connectivity index (χ3v) is 2.87. The summed E-state index contributed by atoms with van der Waals surface area (Å²) in [4.78, 5) is 10.7. The van der Waals surface area contributed by atoms with Crippen LogP contribution in [0.1, 0.15) is 44.2 Å². The van der Waals surface area contributed by atoms with Crippen molar-refractivity contribution in [2.24, 2.45) is 0 Å². The first kappa shape index (κ1) is 13.6. The quantitative estimate of drug-likeness (QED) is 0.824. The van der Waals surface area contributed by atoms with Crippen LogP contribution < -0.4 is 4.74 Å². The topological polar surface area (TPSA) is 46.5 Å². The van der Waals surface area contributed by atoms with E-state index in [0.29, 0.717) is 12.5 Å². The number of hydrogen-bond donors (Lipinski definition) is 1. The highest BCUT2D eigenvalue weighted by atomic mass is 16.5. The van der Waals surface area contributed by atoms with Gasteiger partial charge in [0.15, 0.2) is 0 Å². The molecule has 0 aromatic heterocycles. The summed E-state index contributed by atoms with van der Waals surface area (Å²) in [5.74, 6) is 0.450. The second-order valence-corrected chi connectivity index (χ2v) is 4.19. The average molecular weight is 236 g/mol. The van der Waals surface area contributed by atoms with E-state index in [0.717, 1.165) is 23.3 Å². The van der Waals surface area contributed by atoms with Crippen molar-refractivity contribution in [1.29, 1.82) is 0 Å². The van der Waals surface area contributed by atoms with E-state index in [1.165, 1.54) is 0 Å². The monoisotopic (exact) mass is 236 g/mol. The molecule has 0 fully saturated rings. The molecule has 0 aliphatic rings. The number of benzene rings is 1. The van der Waals surface area contributed by atoms with Gasteiger partial charge in [-0.15, -0.1) is 0 Å². The fraction of sp³-hybridized carbons (Fsp3) is 0.500. The molecule has 3 nitrogen and oxygen atoms in total. The molecular weight excluding hydrogens is 216 g/mol. The van der Waals surface area contributed by atoms with E-state index in [4.69, 9.17) is 9.84 Å². The van der Waals surface area contributed by atoms with Gasteiger partial charge >= 0.3 is 5.97 Å². The summed E-state index contributed by atoms with van der Waals surface area (Å²) in [6, 6.07) is 5.65. The highest BCUT2D eigenvalue weighted by Gasteiger charge is 2.12. The Morgan fingerprint density at radius 2 is 2.12 bits per heavy atom. The molecule has 94 valence electrons. The van der Waals surface area contributed by atoms with Crippen molar-refractivity contribution in [3.63, 3.8) is 0 Å². The van der Waals surface area contributed by atoms with Crippen LogP contribution in [0, 0.1) is 0 Å². The van der Waals surface area contributed by atoms with Gasteiger partial charge in [0.1, 0.15) is 5.75 Å². The Morgan fingerprint density at radius 1 is 1.41 bits per heavy atom. The van der Waals surface area contributed by atoms with Gasteiger partial charge in [0.05, 0.1) is 13.0 Å². The maximum absolute atomic E-state index is 10.7. The SMILES string of the molecule is CCOc1ccc(CC(=O)O)cc1C(C)CC. The second-order valence-electron chi connectivity index (χ2n) is 4.19. The molecule has 1 atom stereocenters. The van der Waals surface area contributed by atoms with Crippen LogP contribution in [-0.2, 0) is 11.2 Å². The molecule has 0 saturated carbocycles. The molecule has 0 saturated heterocycles. The average Bonchev–Trinajstić information content (AvgIpc) is 2.29. The van der Waals surface area contributed by atoms with E-state index in [9.17, 15) is 4.79 Å². The molecule has 1 N–H and O–H groups in total. The molecule has 1 aromatic carbocycles. The lowest BCUT2D eigenvalue weighted by Crippen LogP contribution is -2.04. The molecule has 0 amide bonds. The number of carboxylic acids is 1. The van der Waals surface area contributed by atoms with E-state index < -0.39 is 5.97 Å². The Hall–Kier alpha value is -1.51. The fourth-order valence-electron chi connectivity index (χ4n) is 1.77. The van der Waals surface area contributed by atoms with Gasteiger partial charge in [0, 0.05) is 0 Å². The van der Waals surface area contributed by atoms with Crippen LogP contribution in [0.4, 0.5) is 0 Å². The van der Waals surface area contributed by atoms with Gasteiger partial charge < -0.3 is 9.84 Å². The number of carbonyl (C=O) groups is 1. The zero-order chi connectivity index (χ0) is 12.8. The van der Waals surface area contributed by atoms with E-state index in [-0.39, 0.29) is 6.42 Å². The number of hydrogen-bond acceptors (Lipinski definition) is 2. The molecular formula is C14H20O3. The number of carboxylic acid groups (broad SMARTS) is 1. The van der Waals surface area contributed by atoms with Crippen LogP contribution in [0.15, 0.2) is 18.2 Å². The van der Waals surface area contributed by atoms with Crippen LogP contribution in [-0.4, -0.2) is 17.7 Å². The summed E-state index contributed by atoms with van der Waals surface area (Å²) < 4.78 is 5.57. The first-order chi connectivity index (χ1) is 8.08. The van der Waals surface area contributed by atoms with E-state index in [1.54, 1.807) is 0 Å². The van der Waals surface area contributed by atoms with Crippen LogP contribution in [0.25, 0.3) is 0 Å². The van der Waals surface area contributed by atoms with E-state index >= 15 is 0 Å². The van der Waals surface area contributed by atoms with Crippen molar-refractivity contribution in [2.75, 3.05) is 6.61 Å². The van der Waals surface area contributed by atoms with Crippen LogP contribution >= 0.6 is 0 Å². The third-order valence-electron chi connectivity index (χ3n) is 2.87. The van der Waals surface area contributed by atoms with Crippen LogP contribution in [0.2, 0.25) is 0 Å². The van der Waals surface area contributed by atoms with Gasteiger partial charge in [-0.25, -0.2) is 0 Å². The van der Waals surface area contributed by atoms with Crippen molar-refractivity contribution in [3.05, 3.63) is 29.3 Å². The van der Waals surface area contributed by atoms with Crippen molar-refractivity contribution >= 4 is 5.97 Å². The predicted octanol–water partition coefficient (Wildman–Crippen LogP) is 3.23. The molecule has 0 bridgehead atoms. The Balaban J connectivity index is 3.04. The molecule has 1 rings (SSSR count). The lowest BCUT2D eigenvalue weighted by atomic mass is 9.95. The second kappa shape index (κ2) is 6.28. The maximum atomic E-state index is 10.7. The van der Waals surface area contributed by atoms with Gasteiger partial charge in [-0.1, -0.05) is 26.0 Å². The minimum absolute atomic E-state index is 0.0653. The molecule has 0 spiro atoms. The minimum atomic E-state index is -0.802. The molecule has 0 aliphatic carbocycles. The van der Waals surface area contributed by atoms with Crippen LogP contribution in [0.3, 0.4) is 0 Å². The number of rotatable bonds is 6. The lowest BCUT2D eigenvalue weighted by molar-refractivity contribution is -0.136. The third kappa shape index (κ3) is 3.77. The standard InChI is InChI=1S/C14H20O3/c1-4-10(3)12-8-11(9-14(15)16)6-7-13(12)17-5-2/h6-8,10H,4-5,9H2,1-3H3,(H,15,16). The van der Waals surface area contributed by atoms with Crippen molar-refractivity contribution in [2.45, 2.75) is 39.5 Å². The molecule has 17 heavy (non-hydrogen) atoms. The van der Waals surface area contributed by atoms with Gasteiger partial charge in [0.25, 0.3) is 0 Å². The highest BCUT2D eigenvalue weighted by molar-refractivity contribution is 5.70. The number of ether oxygens (including phenoxy) is 1. The summed E-state index contributed by atoms with van der Waals surface area (Å²) in [5, 5.41) is 8.80. The lowest BCUT2D eigenvalue weighted by Gasteiger charge is -2.16. The minimum Gasteiger partial charge on any atom is -0.494 e. The summed E-state index contributed by atoms with van der Waals surface area (Å²) in [7, 11) is 0. The predicted molar refractivity (Wildman–Crippen MR) is 67.7 cm³/mol. The van der Waals surface area contributed by atoms with Gasteiger partial charge in [-0.05, 0) is 36.5 Å². The van der Waals surface area contributed by atoms with Gasteiger partial charge in [0.2, 0.25) is 0 Å². The van der Waals surface area contributed by atoms with Crippen LogP contribution in [0.5, 0.6) is 5.75 Å². The first-order valence-electron chi connectivity index (χ1n) is 6.05. The van der Waals surface area contributed by atoms with E-state index in [1.807, 2.05) is 25.1 Å². The van der Waals surface area contributed by atoms with Crippen molar-refractivity contribution < 1.29 is 14.6 Å². The van der Waals surface area contributed by atoms with Gasteiger partial charge in [-0.2, -0.15) is 0 Å². The smallest absolute Gasteiger partial charge is 0.307 e. The highest BCUT2D eigenvalue weighted by Crippen LogP contribution is 2.30. The first-order valence-corrected chi connectivity index (χ1v) is 6.05. The molecule has 3 heteroatoms. The Labute approximate surface area is 102 Å². The maximum Gasteiger partial charge on any atom is 0.307 e. The summed E-state index contributed by atoms with van der Waals surface area (Å²) in [6.07, 6.45) is 1.08. The molecule has 0 radical (unpaired) electrons. The number of aliphatic carboxylic acids is 1. The molecule has 1 unspecified atom stereocenters. The molecule has 0 aliphatic heterocycles. The van der Waals surface area contributed by atoms with E-state index in [2.05, 4.69) is 13.8 Å².